The van der Waals surface area contributed by atoms with E-state index in [0.29, 0.717) is 6.42 Å². The van der Waals surface area contributed by atoms with E-state index in [4.69, 9.17) is 0 Å². The molecule has 0 spiro atoms. The van der Waals surface area contributed by atoms with Crippen molar-refractivity contribution in [2.45, 2.75) is 212 Å². The summed E-state index contributed by atoms with van der Waals surface area (Å²) >= 11 is 0. The summed E-state index contributed by atoms with van der Waals surface area (Å²) in [7, 11) is 0. The second-order valence-electron chi connectivity index (χ2n) is 13.8. The Morgan fingerprint density at radius 1 is 0.500 bits per heavy atom. The summed E-state index contributed by atoms with van der Waals surface area (Å²) in [4.78, 5) is 12.4. The summed E-state index contributed by atoms with van der Waals surface area (Å²) in [6.07, 6.45) is 48.5. The van der Waals surface area contributed by atoms with Gasteiger partial charge in [0.05, 0.1) is 18.8 Å². The summed E-state index contributed by atoms with van der Waals surface area (Å²) in [6, 6.07) is -0.823. The van der Waals surface area contributed by atoms with Crippen LogP contribution in [0.3, 0.4) is 0 Å². The van der Waals surface area contributed by atoms with Crippen LogP contribution < -0.4 is 5.32 Å². The van der Waals surface area contributed by atoms with Gasteiger partial charge in [0.2, 0.25) is 5.91 Å². The molecule has 1 amide bonds. The molecule has 0 aliphatic carbocycles. The van der Waals surface area contributed by atoms with Crippen LogP contribution in [-0.2, 0) is 4.79 Å². The molecule has 0 aliphatic rings. The Morgan fingerprint density at radius 3 is 1.29 bits per heavy atom. The maximum absolute atomic E-state index is 12.4. The first-order valence-electron chi connectivity index (χ1n) is 20.5. The molecule has 5 nitrogen and oxygen atoms in total. The number of allylic oxidation sites excluding steroid dienone is 7. The van der Waals surface area contributed by atoms with E-state index in [2.05, 4.69) is 55.6 Å². The number of rotatable bonds is 36. The Hall–Kier alpha value is -1.69. The highest BCUT2D eigenvalue weighted by Gasteiger charge is 2.22. The van der Waals surface area contributed by atoms with Crippen LogP contribution in [0.5, 0.6) is 0 Å². The third-order valence-corrected chi connectivity index (χ3v) is 9.12. The molecule has 3 unspecified atom stereocenters. The summed E-state index contributed by atoms with van der Waals surface area (Å²) in [5, 5.41) is 33.0. The van der Waals surface area contributed by atoms with Gasteiger partial charge in [-0.15, -0.1) is 0 Å². The van der Waals surface area contributed by atoms with Gasteiger partial charge in [0.15, 0.2) is 0 Å². The zero-order valence-corrected chi connectivity index (χ0v) is 31.6. The molecule has 0 aliphatic heterocycles. The van der Waals surface area contributed by atoms with Crippen LogP contribution in [0.15, 0.2) is 48.6 Å². The van der Waals surface area contributed by atoms with Crippen molar-refractivity contribution < 1.29 is 20.1 Å². The first kappa shape index (κ1) is 46.3. The van der Waals surface area contributed by atoms with Crippen molar-refractivity contribution >= 4 is 5.91 Å². The van der Waals surface area contributed by atoms with Gasteiger partial charge in [-0.1, -0.05) is 172 Å². The molecule has 0 radical (unpaired) electrons. The highest BCUT2D eigenvalue weighted by atomic mass is 16.3. The first-order chi connectivity index (χ1) is 23.6. The highest BCUT2D eigenvalue weighted by molar-refractivity contribution is 5.80. The van der Waals surface area contributed by atoms with Crippen LogP contribution in [0.25, 0.3) is 0 Å². The zero-order valence-electron chi connectivity index (χ0n) is 31.6. The fourth-order valence-corrected chi connectivity index (χ4v) is 5.86. The number of carbonyl (C=O) groups excluding carboxylic acids is 1. The Balaban J connectivity index is 3.76. The van der Waals surface area contributed by atoms with Gasteiger partial charge in [-0.3, -0.25) is 4.79 Å². The molecular weight excluding hydrogens is 594 g/mol. The molecule has 0 heterocycles. The van der Waals surface area contributed by atoms with E-state index in [1.54, 1.807) is 6.08 Å². The van der Waals surface area contributed by atoms with Gasteiger partial charge in [0.1, 0.15) is 6.10 Å². The largest absolute Gasteiger partial charge is 0.394 e. The minimum atomic E-state index is -1.11. The quantitative estimate of drug-likeness (QED) is 0.0393. The summed E-state index contributed by atoms with van der Waals surface area (Å²) < 4.78 is 0. The lowest BCUT2D eigenvalue weighted by Gasteiger charge is -2.21. The van der Waals surface area contributed by atoms with Crippen LogP contribution in [0.1, 0.15) is 194 Å². The first-order valence-corrected chi connectivity index (χ1v) is 20.5. The second kappa shape index (κ2) is 38.1. The average molecular weight is 674 g/mol. The zero-order chi connectivity index (χ0) is 35.2. The molecular formula is C43H79NO4. The molecule has 3 atom stereocenters. The highest BCUT2D eigenvalue weighted by Crippen LogP contribution is 2.13. The molecule has 0 saturated carbocycles. The maximum Gasteiger partial charge on any atom is 0.249 e. The van der Waals surface area contributed by atoms with Crippen molar-refractivity contribution in [3.05, 3.63) is 48.6 Å². The van der Waals surface area contributed by atoms with Crippen molar-refractivity contribution in [3.8, 4) is 0 Å². The Kier molecular flexibility index (Phi) is 36.8. The fourth-order valence-electron chi connectivity index (χ4n) is 5.86. The van der Waals surface area contributed by atoms with Gasteiger partial charge in [0, 0.05) is 0 Å². The van der Waals surface area contributed by atoms with Crippen LogP contribution in [-0.4, -0.2) is 46.1 Å². The second-order valence-corrected chi connectivity index (χ2v) is 13.8. The van der Waals surface area contributed by atoms with Gasteiger partial charge in [-0.2, -0.15) is 0 Å². The number of carbonyl (C=O) groups is 1. The maximum atomic E-state index is 12.4. The number of hydrogen-bond donors (Lipinski definition) is 4. The standard InChI is InChI=1S/C43H79NO4/c1-3-5-7-9-11-13-15-17-19-20-21-22-23-24-26-28-30-32-34-36-38-42(47)43(48)44-40(39-45)41(46)37-35-33-31-29-27-25-18-16-14-12-10-8-6-4-2/h14,16,22-23,27,29,35,37,40-42,45-47H,3-13,15,17-21,24-26,28,30-34,36,38-39H2,1-2H3,(H,44,48)/b16-14+,23-22-,29-27+,37-35+. The van der Waals surface area contributed by atoms with Gasteiger partial charge in [-0.25, -0.2) is 0 Å². The van der Waals surface area contributed by atoms with E-state index in [1.165, 1.54) is 122 Å². The summed E-state index contributed by atoms with van der Waals surface area (Å²) in [5.74, 6) is -0.524. The summed E-state index contributed by atoms with van der Waals surface area (Å²) in [5.41, 5.74) is 0. The van der Waals surface area contributed by atoms with E-state index >= 15 is 0 Å². The Bertz CT molecular complexity index is 790. The van der Waals surface area contributed by atoms with Crippen LogP contribution in [0.2, 0.25) is 0 Å². The van der Waals surface area contributed by atoms with E-state index in [0.717, 1.165) is 51.4 Å². The van der Waals surface area contributed by atoms with Crippen molar-refractivity contribution in [2.75, 3.05) is 6.61 Å². The molecule has 280 valence electrons. The molecule has 0 rings (SSSR count). The fraction of sp³-hybridized carbons (Fsp3) is 0.791. The third-order valence-electron chi connectivity index (χ3n) is 9.12. The number of aliphatic hydroxyl groups is 3. The third kappa shape index (κ3) is 32.8. The normalized spacial score (nSPS) is 14.2. The van der Waals surface area contributed by atoms with Gasteiger partial charge in [0.25, 0.3) is 0 Å². The van der Waals surface area contributed by atoms with E-state index in [-0.39, 0.29) is 6.61 Å². The van der Waals surface area contributed by atoms with E-state index in [1.807, 2.05) is 6.08 Å². The molecule has 48 heavy (non-hydrogen) atoms. The number of aliphatic hydroxyl groups excluding tert-OH is 3. The number of hydrogen-bond acceptors (Lipinski definition) is 4. The molecule has 0 aromatic rings. The Morgan fingerprint density at radius 2 is 0.854 bits per heavy atom. The van der Waals surface area contributed by atoms with E-state index < -0.39 is 24.2 Å². The SMILES string of the molecule is CCCCCC/C=C/CC/C=C/CC/C=C/C(O)C(CO)NC(=O)C(O)CCCCCCCC/C=C\CCCCCCCCCCCC. The topological polar surface area (TPSA) is 89.8 Å². The summed E-state index contributed by atoms with van der Waals surface area (Å²) in [6.45, 7) is 4.13. The number of unbranched alkanes of at least 4 members (excludes halogenated alkanes) is 22. The van der Waals surface area contributed by atoms with Crippen molar-refractivity contribution in [1.82, 2.24) is 5.32 Å². The van der Waals surface area contributed by atoms with Crippen molar-refractivity contribution in [1.29, 1.82) is 0 Å². The minimum absolute atomic E-state index is 0.384. The molecule has 0 bridgehead atoms. The van der Waals surface area contributed by atoms with Crippen LogP contribution in [0, 0.1) is 0 Å². The lowest BCUT2D eigenvalue weighted by molar-refractivity contribution is -0.131. The monoisotopic (exact) mass is 674 g/mol. The smallest absolute Gasteiger partial charge is 0.249 e. The molecule has 0 aromatic carbocycles. The van der Waals surface area contributed by atoms with Crippen LogP contribution >= 0.6 is 0 Å². The van der Waals surface area contributed by atoms with Gasteiger partial charge < -0.3 is 20.6 Å². The van der Waals surface area contributed by atoms with Crippen molar-refractivity contribution in [3.63, 3.8) is 0 Å². The average Bonchev–Trinajstić information content (AvgIpc) is 3.09. The van der Waals surface area contributed by atoms with Gasteiger partial charge in [-0.05, 0) is 70.6 Å². The number of nitrogens with one attached hydrogen (secondary N) is 1. The predicted octanol–water partition coefficient (Wildman–Crippen LogP) is 11.4. The molecule has 0 fully saturated rings. The van der Waals surface area contributed by atoms with Crippen molar-refractivity contribution in [2.24, 2.45) is 0 Å². The van der Waals surface area contributed by atoms with E-state index in [9.17, 15) is 20.1 Å². The minimum Gasteiger partial charge on any atom is -0.394 e. The van der Waals surface area contributed by atoms with Crippen LogP contribution in [0.4, 0.5) is 0 Å². The number of amides is 1. The molecule has 5 heteroatoms. The molecule has 0 aromatic heterocycles. The lowest BCUT2D eigenvalue weighted by atomic mass is 10.0. The van der Waals surface area contributed by atoms with Gasteiger partial charge >= 0.3 is 0 Å². The molecule has 4 N–H and O–H groups in total. The lowest BCUT2D eigenvalue weighted by Crippen LogP contribution is -2.48. The predicted molar refractivity (Wildman–Crippen MR) is 208 cm³/mol. The molecule has 0 saturated heterocycles. The Labute approximate surface area is 297 Å².